The lowest BCUT2D eigenvalue weighted by molar-refractivity contribution is -0.123. The lowest BCUT2D eigenvalue weighted by Gasteiger charge is -2.40. The molecule has 0 aromatic carbocycles. The quantitative estimate of drug-likeness (QED) is 0.831. The molecule has 3 atom stereocenters. The second-order valence-electron chi connectivity index (χ2n) is 7.02. The number of nitrogens with two attached hydrogens (primary N) is 1. The number of amides is 2. The van der Waals surface area contributed by atoms with Gasteiger partial charge in [-0.3, -0.25) is 4.79 Å². The first-order valence-electron chi connectivity index (χ1n) is 8.21. The van der Waals surface area contributed by atoms with E-state index in [4.69, 9.17) is 10.5 Å². The van der Waals surface area contributed by atoms with Crippen LogP contribution < -0.4 is 11.1 Å². The standard InChI is InChI=1S/C16H31N3O3/c1-6-19(15(21)22-16(3,4)5)13-10-8-7-9-12(13)18-14(20)11(2)17/h11-13H,6-10,17H2,1-5H3,(H,18,20). The summed E-state index contributed by atoms with van der Waals surface area (Å²) in [4.78, 5) is 26.0. The minimum absolute atomic E-state index is 0.0312. The molecule has 0 saturated heterocycles. The van der Waals surface area contributed by atoms with Gasteiger partial charge in [-0.15, -0.1) is 0 Å². The zero-order chi connectivity index (χ0) is 16.9. The van der Waals surface area contributed by atoms with Crippen LogP contribution in [0.15, 0.2) is 0 Å². The highest BCUT2D eigenvalue weighted by molar-refractivity contribution is 5.81. The van der Waals surface area contributed by atoms with Crippen molar-refractivity contribution in [2.75, 3.05) is 6.54 Å². The normalized spacial score (nSPS) is 23.5. The largest absolute Gasteiger partial charge is 0.444 e. The fourth-order valence-corrected chi connectivity index (χ4v) is 2.79. The van der Waals surface area contributed by atoms with Crippen molar-refractivity contribution in [2.45, 2.75) is 84.0 Å². The highest BCUT2D eigenvalue weighted by Gasteiger charge is 2.35. The van der Waals surface area contributed by atoms with E-state index in [9.17, 15) is 9.59 Å². The Balaban J connectivity index is 2.81. The first kappa shape index (κ1) is 18.7. The molecule has 1 rings (SSSR count). The number of likely N-dealkylation sites (N-methyl/N-ethyl adjacent to an activating group) is 1. The van der Waals surface area contributed by atoms with Crippen molar-refractivity contribution in [1.29, 1.82) is 0 Å². The molecule has 6 nitrogen and oxygen atoms in total. The average molecular weight is 313 g/mol. The summed E-state index contributed by atoms with van der Waals surface area (Å²) in [5, 5.41) is 2.99. The third-order valence-corrected chi connectivity index (χ3v) is 3.84. The molecule has 0 aromatic heterocycles. The van der Waals surface area contributed by atoms with E-state index in [0.29, 0.717) is 6.54 Å². The van der Waals surface area contributed by atoms with Crippen molar-refractivity contribution < 1.29 is 14.3 Å². The van der Waals surface area contributed by atoms with Crippen LogP contribution in [0.4, 0.5) is 4.79 Å². The number of nitrogens with one attached hydrogen (secondary N) is 1. The Bertz CT molecular complexity index is 391. The van der Waals surface area contributed by atoms with Crippen molar-refractivity contribution >= 4 is 12.0 Å². The summed E-state index contributed by atoms with van der Waals surface area (Å²) in [6.45, 7) is 9.73. The molecule has 1 aliphatic rings. The Morgan fingerprint density at radius 2 is 1.91 bits per heavy atom. The Morgan fingerprint density at radius 3 is 2.41 bits per heavy atom. The van der Waals surface area contributed by atoms with Crippen LogP contribution in [-0.4, -0.2) is 47.2 Å². The summed E-state index contributed by atoms with van der Waals surface area (Å²) in [6, 6.07) is -0.629. The lowest BCUT2D eigenvalue weighted by atomic mass is 9.89. The SMILES string of the molecule is CCN(C(=O)OC(C)(C)C)C1CCCCC1NC(=O)C(C)N. The van der Waals surface area contributed by atoms with Crippen molar-refractivity contribution in [3.05, 3.63) is 0 Å². The van der Waals surface area contributed by atoms with Crippen LogP contribution in [-0.2, 0) is 9.53 Å². The van der Waals surface area contributed by atoms with Crippen LogP contribution in [0.3, 0.4) is 0 Å². The predicted octanol–water partition coefficient (Wildman–Crippen LogP) is 2.02. The van der Waals surface area contributed by atoms with Gasteiger partial charge >= 0.3 is 6.09 Å². The summed E-state index contributed by atoms with van der Waals surface area (Å²) < 4.78 is 5.49. The van der Waals surface area contributed by atoms with Crippen LogP contribution in [0.1, 0.15) is 60.3 Å². The van der Waals surface area contributed by atoms with E-state index >= 15 is 0 Å². The molecule has 2 amide bonds. The first-order valence-corrected chi connectivity index (χ1v) is 8.21. The maximum Gasteiger partial charge on any atom is 0.410 e. The van der Waals surface area contributed by atoms with Crippen LogP contribution >= 0.6 is 0 Å². The second kappa shape index (κ2) is 7.81. The smallest absolute Gasteiger partial charge is 0.410 e. The monoisotopic (exact) mass is 313 g/mol. The molecular weight excluding hydrogens is 282 g/mol. The molecule has 0 aliphatic heterocycles. The third-order valence-electron chi connectivity index (χ3n) is 3.84. The Hall–Kier alpha value is -1.30. The number of hydrogen-bond acceptors (Lipinski definition) is 4. The highest BCUT2D eigenvalue weighted by Crippen LogP contribution is 2.25. The molecule has 0 bridgehead atoms. The molecule has 3 N–H and O–H groups in total. The van der Waals surface area contributed by atoms with Gasteiger partial charge < -0.3 is 20.7 Å². The predicted molar refractivity (Wildman–Crippen MR) is 86.5 cm³/mol. The van der Waals surface area contributed by atoms with Crippen LogP contribution in [0.5, 0.6) is 0 Å². The van der Waals surface area contributed by atoms with Gasteiger partial charge in [-0.2, -0.15) is 0 Å². The summed E-state index contributed by atoms with van der Waals surface area (Å²) >= 11 is 0. The van der Waals surface area contributed by atoms with Crippen molar-refractivity contribution in [3.8, 4) is 0 Å². The molecule has 1 aliphatic carbocycles. The van der Waals surface area contributed by atoms with E-state index in [1.165, 1.54) is 0 Å². The zero-order valence-corrected chi connectivity index (χ0v) is 14.5. The van der Waals surface area contributed by atoms with Gasteiger partial charge in [0.1, 0.15) is 5.60 Å². The molecule has 0 heterocycles. The molecular formula is C16H31N3O3. The van der Waals surface area contributed by atoms with Gasteiger partial charge in [0.05, 0.1) is 12.1 Å². The van der Waals surface area contributed by atoms with Crippen molar-refractivity contribution in [3.63, 3.8) is 0 Å². The summed E-state index contributed by atoms with van der Waals surface area (Å²) in [6.07, 6.45) is 3.52. The molecule has 128 valence electrons. The molecule has 0 spiro atoms. The minimum Gasteiger partial charge on any atom is -0.444 e. The highest BCUT2D eigenvalue weighted by atomic mass is 16.6. The van der Waals surface area contributed by atoms with Gasteiger partial charge in [0.2, 0.25) is 5.91 Å². The second-order valence-corrected chi connectivity index (χ2v) is 7.02. The molecule has 6 heteroatoms. The van der Waals surface area contributed by atoms with Gasteiger partial charge in [0.15, 0.2) is 0 Å². The number of nitrogens with zero attached hydrogens (tertiary/aromatic N) is 1. The molecule has 0 aromatic rings. The fraction of sp³-hybridized carbons (Fsp3) is 0.875. The fourth-order valence-electron chi connectivity index (χ4n) is 2.79. The van der Waals surface area contributed by atoms with Crippen molar-refractivity contribution in [1.82, 2.24) is 10.2 Å². The van der Waals surface area contributed by atoms with Crippen molar-refractivity contribution in [2.24, 2.45) is 5.73 Å². The Morgan fingerprint density at radius 1 is 1.32 bits per heavy atom. The van der Waals surface area contributed by atoms with E-state index in [0.717, 1.165) is 25.7 Å². The van der Waals surface area contributed by atoms with Crippen LogP contribution in [0, 0.1) is 0 Å². The molecule has 0 radical (unpaired) electrons. The number of rotatable bonds is 4. The summed E-state index contributed by atoms with van der Waals surface area (Å²) in [5.74, 6) is -0.169. The lowest BCUT2D eigenvalue weighted by Crippen LogP contribution is -2.57. The van der Waals surface area contributed by atoms with E-state index in [-0.39, 0.29) is 24.1 Å². The van der Waals surface area contributed by atoms with E-state index in [1.807, 2.05) is 27.7 Å². The summed E-state index contributed by atoms with van der Waals surface area (Å²) in [5.41, 5.74) is 5.11. The molecule has 1 fully saturated rings. The van der Waals surface area contributed by atoms with Crippen LogP contribution in [0.25, 0.3) is 0 Å². The Kier molecular flexibility index (Phi) is 6.66. The van der Waals surface area contributed by atoms with Gasteiger partial charge in [0, 0.05) is 12.6 Å². The van der Waals surface area contributed by atoms with E-state index in [1.54, 1.807) is 11.8 Å². The maximum atomic E-state index is 12.4. The topological polar surface area (TPSA) is 84.7 Å². The molecule has 1 saturated carbocycles. The van der Waals surface area contributed by atoms with Crippen LogP contribution in [0.2, 0.25) is 0 Å². The number of carbonyl (C=O) groups excluding carboxylic acids is 2. The number of carbonyl (C=O) groups is 2. The zero-order valence-electron chi connectivity index (χ0n) is 14.5. The maximum absolute atomic E-state index is 12.4. The summed E-state index contributed by atoms with van der Waals surface area (Å²) in [7, 11) is 0. The minimum atomic E-state index is -0.542. The Labute approximate surface area is 133 Å². The third kappa shape index (κ3) is 5.48. The number of ether oxygens (including phenoxy) is 1. The van der Waals surface area contributed by atoms with Gasteiger partial charge in [0.25, 0.3) is 0 Å². The van der Waals surface area contributed by atoms with E-state index in [2.05, 4.69) is 5.32 Å². The molecule has 3 unspecified atom stereocenters. The van der Waals surface area contributed by atoms with Gasteiger partial charge in [-0.25, -0.2) is 4.79 Å². The van der Waals surface area contributed by atoms with Gasteiger partial charge in [-0.1, -0.05) is 12.8 Å². The first-order chi connectivity index (χ1) is 10.2. The van der Waals surface area contributed by atoms with Gasteiger partial charge in [-0.05, 0) is 47.5 Å². The molecule has 22 heavy (non-hydrogen) atoms. The number of hydrogen-bond donors (Lipinski definition) is 2. The average Bonchev–Trinajstić information content (AvgIpc) is 2.39. The van der Waals surface area contributed by atoms with E-state index < -0.39 is 11.6 Å².